The number of nitro groups is 1. The van der Waals surface area contributed by atoms with Crippen LogP contribution in [-0.4, -0.2) is 4.92 Å². The molecule has 24 heavy (non-hydrogen) atoms. The number of rotatable bonds is 2. The van der Waals surface area contributed by atoms with E-state index in [0.29, 0.717) is 11.8 Å². The molecule has 1 heterocycles. The van der Waals surface area contributed by atoms with Gasteiger partial charge in [0.15, 0.2) is 0 Å². The summed E-state index contributed by atoms with van der Waals surface area (Å²) >= 11 is 0. The highest BCUT2D eigenvalue weighted by atomic mass is 16.6. The molecule has 2 aliphatic rings. The number of fused-ring (bicyclic) bond motifs is 3. The summed E-state index contributed by atoms with van der Waals surface area (Å²) in [6.07, 6.45) is 5.43. The second-order valence-corrected chi connectivity index (χ2v) is 6.83. The zero-order chi connectivity index (χ0) is 16.8. The highest BCUT2D eigenvalue weighted by Gasteiger charge is 2.40. The van der Waals surface area contributed by atoms with Gasteiger partial charge in [0.2, 0.25) is 0 Å². The molecule has 0 fully saturated rings. The number of benzene rings is 2. The Bertz CT molecular complexity index is 857. The van der Waals surface area contributed by atoms with Gasteiger partial charge in [-0.15, -0.1) is 0 Å². The van der Waals surface area contributed by atoms with Gasteiger partial charge in [0.25, 0.3) is 5.69 Å². The predicted octanol–water partition coefficient (Wildman–Crippen LogP) is 5.04. The molecule has 3 unspecified atom stereocenters. The van der Waals surface area contributed by atoms with E-state index in [9.17, 15) is 10.1 Å². The molecular weight excluding hydrogens is 300 g/mol. The molecular formula is C20H20N2O2. The van der Waals surface area contributed by atoms with Crippen LogP contribution in [0, 0.1) is 29.9 Å². The SMILES string of the molecule is Cc1cc(C)c2c(c1)NC(c1ccccc1[N+](=O)[O-])C1CC=CC21. The van der Waals surface area contributed by atoms with Crippen molar-refractivity contribution in [3.05, 3.63) is 80.9 Å². The van der Waals surface area contributed by atoms with Crippen LogP contribution < -0.4 is 5.32 Å². The van der Waals surface area contributed by atoms with Gasteiger partial charge in [0, 0.05) is 17.7 Å². The minimum atomic E-state index is -0.272. The van der Waals surface area contributed by atoms with E-state index in [2.05, 4.69) is 43.4 Å². The molecule has 0 saturated heterocycles. The lowest BCUT2D eigenvalue weighted by Gasteiger charge is -2.38. The number of hydrogen-bond acceptors (Lipinski definition) is 3. The summed E-state index contributed by atoms with van der Waals surface area (Å²) in [6.45, 7) is 4.24. The van der Waals surface area contributed by atoms with Crippen molar-refractivity contribution in [2.75, 3.05) is 5.32 Å². The molecule has 1 aliphatic heterocycles. The molecule has 0 saturated carbocycles. The number of nitro benzene ring substituents is 1. The van der Waals surface area contributed by atoms with Gasteiger partial charge in [0.05, 0.1) is 16.5 Å². The standard InChI is InChI=1S/C20H20N2O2/c1-12-10-13(2)19-14-7-5-8-15(14)20(21-17(19)11-12)16-6-3-4-9-18(16)22(23)24/h3-7,9-11,14-15,20-21H,8H2,1-2H3. The van der Waals surface area contributed by atoms with E-state index in [1.807, 2.05) is 12.1 Å². The number of hydrogen-bond donors (Lipinski definition) is 1. The van der Waals surface area contributed by atoms with Crippen molar-refractivity contribution in [1.29, 1.82) is 0 Å². The Morgan fingerprint density at radius 2 is 2.00 bits per heavy atom. The lowest BCUT2D eigenvalue weighted by molar-refractivity contribution is -0.385. The molecule has 3 atom stereocenters. The summed E-state index contributed by atoms with van der Waals surface area (Å²) in [6, 6.07) is 11.4. The molecule has 4 nitrogen and oxygen atoms in total. The summed E-state index contributed by atoms with van der Waals surface area (Å²) in [5.41, 5.74) is 5.94. The Morgan fingerprint density at radius 3 is 2.79 bits per heavy atom. The average Bonchev–Trinajstić information content (AvgIpc) is 3.02. The van der Waals surface area contributed by atoms with Crippen LogP contribution in [0.4, 0.5) is 11.4 Å². The Balaban J connectivity index is 1.86. The van der Waals surface area contributed by atoms with Crippen molar-refractivity contribution in [1.82, 2.24) is 0 Å². The number of nitrogens with one attached hydrogen (secondary N) is 1. The highest BCUT2D eigenvalue weighted by Crippen LogP contribution is 2.52. The number of anilines is 1. The first-order chi connectivity index (χ1) is 11.6. The van der Waals surface area contributed by atoms with Crippen molar-refractivity contribution in [2.45, 2.75) is 32.2 Å². The molecule has 0 aromatic heterocycles. The highest BCUT2D eigenvalue weighted by molar-refractivity contribution is 5.64. The summed E-state index contributed by atoms with van der Waals surface area (Å²) in [4.78, 5) is 11.2. The number of nitrogens with zero attached hydrogens (tertiary/aromatic N) is 1. The summed E-state index contributed by atoms with van der Waals surface area (Å²) in [5, 5.41) is 15.1. The molecule has 0 bridgehead atoms. The fraction of sp³-hybridized carbons (Fsp3) is 0.300. The Kier molecular flexibility index (Phi) is 3.41. The van der Waals surface area contributed by atoms with E-state index >= 15 is 0 Å². The number of para-hydroxylation sites is 1. The van der Waals surface area contributed by atoms with E-state index < -0.39 is 0 Å². The average molecular weight is 320 g/mol. The quantitative estimate of drug-likeness (QED) is 0.479. The Labute approximate surface area is 141 Å². The van der Waals surface area contributed by atoms with Gasteiger partial charge in [-0.3, -0.25) is 10.1 Å². The number of allylic oxidation sites excluding steroid dienone is 2. The summed E-state index contributed by atoms with van der Waals surface area (Å²) < 4.78 is 0. The zero-order valence-corrected chi connectivity index (χ0v) is 13.8. The Morgan fingerprint density at radius 1 is 1.21 bits per heavy atom. The lowest BCUT2D eigenvalue weighted by Crippen LogP contribution is -2.30. The maximum atomic E-state index is 11.5. The van der Waals surface area contributed by atoms with Crippen LogP contribution in [0.3, 0.4) is 0 Å². The largest absolute Gasteiger partial charge is 0.377 e. The molecule has 0 spiro atoms. The van der Waals surface area contributed by atoms with Gasteiger partial charge < -0.3 is 5.32 Å². The van der Waals surface area contributed by atoms with Crippen LogP contribution in [-0.2, 0) is 0 Å². The van der Waals surface area contributed by atoms with Gasteiger partial charge in [0.1, 0.15) is 0 Å². The van der Waals surface area contributed by atoms with Gasteiger partial charge in [-0.25, -0.2) is 0 Å². The minimum absolute atomic E-state index is 0.0414. The molecule has 2 aromatic carbocycles. The first kappa shape index (κ1) is 14.9. The van der Waals surface area contributed by atoms with Crippen LogP contribution in [0.25, 0.3) is 0 Å². The van der Waals surface area contributed by atoms with Crippen LogP contribution in [0.5, 0.6) is 0 Å². The van der Waals surface area contributed by atoms with Gasteiger partial charge >= 0.3 is 0 Å². The molecule has 0 radical (unpaired) electrons. The summed E-state index contributed by atoms with van der Waals surface area (Å²) in [5.74, 6) is 0.645. The number of aryl methyl sites for hydroxylation is 2. The molecule has 1 N–H and O–H groups in total. The Hall–Kier alpha value is -2.62. The van der Waals surface area contributed by atoms with Crippen molar-refractivity contribution < 1.29 is 4.92 Å². The molecule has 4 heteroatoms. The normalized spacial score (nSPS) is 24.2. The second-order valence-electron chi connectivity index (χ2n) is 6.83. The fourth-order valence-electron chi connectivity index (χ4n) is 4.37. The third-order valence-corrected chi connectivity index (χ3v) is 5.29. The van der Waals surface area contributed by atoms with Gasteiger partial charge in [-0.05, 0) is 48.9 Å². The molecule has 0 amide bonds. The molecule has 1 aliphatic carbocycles. The molecule has 122 valence electrons. The molecule has 4 rings (SSSR count). The van der Waals surface area contributed by atoms with E-state index in [1.165, 1.54) is 16.7 Å². The first-order valence-electron chi connectivity index (χ1n) is 8.34. The van der Waals surface area contributed by atoms with Crippen LogP contribution in [0.1, 0.15) is 40.6 Å². The van der Waals surface area contributed by atoms with Gasteiger partial charge in [-0.1, -0.05) is 36.4 Å². The maximum absolute atomic E-state index is 11.5. The first-order valence-corrected chi connectivity index (χ1v) is 8.34. The second kappa shape index (κ2) is 5.48. The fourth-order valence-corrected chi connectivity index (χ4v) is 4.37. The topological polar surface area (TPSA) is 55.2 Å². The monoisotopic (exact) mass is 320 g/mol. The van der Waals surface area contributed by atoms with Crippen molar-refractivity contribution in [3.63, 3.8) is 0 Å². The third-order valence-electron chi connectivity index (χ3n) is 5.29. The van der Waals surface area contributed by atoms with Crippen LogP contribution in [0.15, 0.2) is 48.6 Å². The smallest absolute Gasteiger partial charge is 0.274 e. The lowest BCUT2D eigenvalue weighted by atomic mass is 9.75. The predicted molar refractivity (Wildman–Crippen MR) is 95.4 cm³/mol. The van der Waals surface area contributed by atoms with Crippen molar-refractivity contribution >= 4 is 11.4 Å². The van der Waals surface area contributed by atoms with E-state index in [1.54, 1.807) is 12.1 Å². The van der Waals surface area contributed by atoms with E-state index in [0.717, 1.165) is 17.7 Å². The van der Waals surface area contributed by atoms with Crippen LogP contribution in [0.2, 0.25) is 0 Å². The van der Waals surface area contributed by atoms with E-state index in [4.69, 9.17) is 0 Å². The summed E-state index contributed by atoms with van der Waals surface area (Å²) in [7, 11) is 0. The zero-order valence-electron chi connectivity index (χ0n) is 13.8. The van der Waals surface area contributed by atoms with E-state index in [-0.39, 0.29) is 16.7 Å². The van der Waals surface area contributed by atoms with Crippen molar-refractivity contribution in [3.8, 4) is 0 Å². The third kappa shape index (κ3) is 2.21. The maximum Gasteiger partial charge on any atom is 0.274 e. The van der Waals surface area contributed by atoms with Crippen molar-refractivity contribution in [2.24, 2.45) is 5.92 Å². The van der Waals surface area contributed by atoms with Gasteiger partial charge in [-0.2, -0.15) is 0 Å². The minimum Gasteiger partial charge on any atom is -0.377 e. The van der Waals surface area contributed by atoms with Crippen LogP contribution >= 0.6 is 0 Å². The molecule has 2 aromatic rings.